The van der Waals surface area contributed by atoms with Gasteiger partial charge in [0.2, 0.25) is 5.91 Å². The largest absolute Gasteiger partial charge is 0.343 e. The molecule has 0 aromatic rings. The average molecular weight is 328 g/mol. The molecule has 0 atom stereocenters. The Kier molecular flexibility index (Phi) is 14.8. The quantitative estimate of drug-likeness (QED) is 0.478. The Morgan fingerprint density at radius 3 is 1.78 bits per heavy atom. The van der Waals surface area contributed by atoms with Gasteiger partial charge in [0.15, 0.2) is 0 Å². The van der Waals surface area contributed by atoms with Crippen LogP contribution < -0.4 is 10.6 Å². The zero-order valence-corrected chi connectivity index (χ0v) is 15.5. The maximum Gasteiger partial charge on any atom is 0.314 e. The van der Waals surface area contributed by atoms with Crippen molar-refractivity contribution in [2.45, 2.75) is 78.6 Å². The van der Waals surface area contributed by atoms with Crippen molar-refractivity contribution in [1.82, 2.24) is 15.5 Å². The summed E-state index contributed by atoms with van der Waals surface area (Å²) in [6.45, 7) is 9.23. The zero-order chi connectivity index (χ0) is 17.3. The lowest BCUT2D eigenvalue weighted by molar-refractivity contribution is -0.130. The number of nitrogens with one attached hydrogen (secondary N) is 2. The van der Waals surface area contributed by atoms with Crippen LogP contribution in [-0.4, -0.2) is 43.0 Å². The van der Waals surface area contributed by atoms with E-state index in [-0.39, 0.29) is 11.9 Å². The minimum absolute atomic E-state index is 0.0697. The minimum Gasteiger partial charge on any atom is -0.343 e. The number of urea groups is 1. The van der Waals surface area contributed by atoms with E-state index in [0.29, 0.717) is 13.0 Å². The summed E-state index contributed by atoms with van der Waals surface area (Å²) in [5.41, 5.74) is 0. The Hall–Kier alpha value is -1.26. The van der Waals surface area contributed by atoms with E-state index in [9.17, 15) is 9.59 Å². The molecule has 136 valence electrons. The molecule has 0 bridgehead atoms. The minimum atomic E-state index is -0.0697. The molecular formula is C18H37N3O2. The van der Waals surface area contributed by atoms with E-state index in [1.165, 1.54) is 25.7 Å². The van der Waals surface area contributed by atoms with Crippen LogP contribution in [0, 0.1) is 0 Å². The van der Waals surface area contributed by atoms with Crippen molar-refractivity contribution in [2.24, 2.45) is 0 Å². The van der Waals surface area contributed by atoms with Gasteiger partial charge in [-0.25, -0.2) is 4.79 Å². The van der Waals surface area contributed by atoms with E-state index in [1.54, 1.807) is 0 Å². The van der Waals surface area contributed by atoms with Gasteiger partial charge in [-0.1, -0.05) is 39.0 Å². The molecule has 0 fully saturated rings. The molecule has 0 unspecified atom stereocenters. The highest BCUT2D eigenvalue weighted by Gasteiger charge is 2.08. The van der Waals surface area contributed by atoms with E-state index in [0.717, 1.165) is 45.3 Å². The van der Waals surface area contributed by atoms with Crippen molar-refractivity contribution in [3.8, 4) is 0 Å². The van der Waals surface area contributed by atoms with Crippen molar-refractivity contribution >= 4 is 11.9 Å². The number of carbonyl (C=O) groups excluding carboxylic acids is 2. The lowest BCUT2D eigenvalue weighted by Crippen LogP contribution is -2.36. The smallest absolute Gasteiger partial charge is 0.314 e. The van der Waals surface area contributed by atoms with Crippen LogP contribution in [0.1, 0.15) is 78.6 Å². The molecule has 0 spiro atoms. The molecule has 0 aliphatic rings. The number of hydrogen-bond acceptors (Lipinski definition) is 2. The Morgan fingerprint density at radius 1 is 0.739 bits per heavy atom. The number of unbranched alkanes of at least 4 members (excludes halogenated alkanes) is 6. The fourth-order valence-corrected chi connectivity index (χ4v) is 2.51. The average Bonchev–Trinajstić information content (AvgIpc) is 2.55. The van der Waals surface area contributed by atoms with Crippen molar-refractivity contribution < 1.29 is 9.59 Å². The van der Waals surface area contributed by atoms with Crippen LogP contribution in [0.15, 0.2) is 0 Å². The van der Waals surface area contributed by atoms with E-state index in [1.807, 2.05) is 18.7 Å². The SMILES string of the molecule is CCCCCCCNC(=O)NCCCCCC(=O)N(CC)CC. The molecule has 0 radical (unpaired) electrons. The summed E-state index contributed by atoms with van der Waals surface area (Å²) in [7, 11) is 0. The summed E-state index contributed by atoms with van der Waals surface area (Å²) in [5.74, 6) is 0.240. The number of nitrogens with zero attached hydrogens (tertiary/aromatic N) is 1. The lowest BCUT2D eigenvalue weighted by Gasteiger charge is -2.18. The summed E-state index contributed by atoms with van der Waals surface area (Å²) in [6.07, 6.45) is 9.44. The van der Waals surface area contributed by atoms with Gasteiger partial charge >= 0.3 is 6.03 Å². The van der Waals surface area contributed by atoms with Crippen LogP contribution >= 0.6 is 0 Å². The molecule has 5 heteroatoms. The van der Waals surface area contributed by atoms with Crippen molar-refractivity contribution in [2.75, 3.05) is 26.2 Å². The van der Waals surface area contributed by atoms with Gasteiger partial charge < -0.3 is 15.5 Å². The molecule has 0 aliphatic heterocycles. The van der Waals surface area contributed by atoms with Crippen LogP contribution in [0.25, 0.3) is 0 Å². The number of rotatable bonds is 14. The van der Waals surface area contributed by atoms with Crippen LogP contribution in [0.4, 0.5) is 4.79 Å². The third-order valence-corrected chi connectivity index (χ3v) is 4.04. The summed E-state index contributed by atoms with van der Waals surface area (Å²) in [4.78, 5) is 25.2. The Bertz CT molecular complexity index is 305. The number of hydrogen-bond donors (Lipinski definition) is 2. The second kappa shape index (κ2) is 15.6. The first-order valence-corrected chi connectivity index (χ1v) is 9.45. The molecule has 5 nitrogen and oxygen atoms in total. The van der Waals surface area contributed by atoms with Gasteiger partial charge in [-0.3, -0.25) is 4.79 Å². The third kappa shape index (κ3) is 12.9. The first kappa shape index (κ1) is 21.7. The van der Waals surface area contributed by atoms with Gasteiger partial charge in [0, 0.05) is 32.6 Å². The van der Waals surface area contributed by atoms with E-state index in [4.69, 9.17) is 0 Å². The van der Waals surface area contributed by atoms with Crippen LogP contribution in [0.2, 0.25) is 0 Å². The normalized spacial score (nSPS) is 10.4. The fraction of sp³-hybridized carbons (Fsp3) is 0.889. The van der Waals surface area contributed by atoms with Gasteiger partial charge in [0.1, 0.15) is 0 Å². The van der Waals surface area contributed by atoms with Gasteiger partial charge in [-0.2, -0.15) is 0 Å². The maximum atomic E-state index is 11.8. The molecule has 3 amide bonds. The second-order valence-electron chi connectivity index (χ2n) is 5.97. The Balaban J connectivity index is 3.40. The summed E-state index contributed by atoms with van der Waals surface area (Å²) in [5, 5.41) is 5.76. The van der Waals surface area contributed by atoms with E-state index < -0.39 is 0 Å². The van der Waals surface area contributed by atoms with Crippen LogP contribution in [-0.2, 0) is 4.79 Å². The van der Waals surface area contributed by atoms with E-state index >= 15 is 0 Å². The molecule has 23 heavy (non-hydrogen) atoms. The predicted octanol–water partition coefficient (Wildman–Crippen LogP) is 3.68. The van der Waals surface area contributed by atoms with Crippen LogP contribution in [0.3, 0.4) is 0 Å². The topological polar surface area (TPSA) is 61.4 Å². The molecule has 0 rings (SSSR count). The molecule has 0 aliphatic carbocycles. The molecule has 0 aromatic carbocycles. The summed E-state index contributed by atoms with van der Waals surface area (Å²) >= 11 is 0. The highest BCUT2D eigenvalue weighted by molar-refractivity contribution is 5.76. The van der Waals surface area contributed by atoms with Gasteiger partial charge in [-0.05, 0) is 33.1 Å². The van der Waals surface area contributed by atoms with Gasteiger partial charge in [0.25, 0.3) is 0 Å². The monoisotopic (exact) mass is 327 g/mol. The zero-order valence-electron chi connectivity index (χ0n) is 15.5. The highest BCUT2D eigenvalue weighted by atomic mass is 16.2. The Morgan fingerprint density at radius 2 is 1.26 bits per heavy atom. The molecule has 0 aromatic heterocycles. The first-order chi connectivity index (χ1) is 11.2. The number of carbonyl (C=O) groups is 2. The molecule has 2 N–H and O–H groups in total. The van der Waals surface area contributed by atoms with Gasteiger partial charge in [-0.15, -0.1) is 0 Å². The molecule has 0 heterocycles. The van der Waals surface area contributed by atoms with Crippen molar-refractivity contribution in [3.63, 3.8) is 0 Å². The Labute approximate surface area is 142 Å². The second-order valence-corrected chi connectivity index (χ2v) is 5.97. The lowest BCUT2D eigenvalue weighted by atomic mass is 10.1. The van der Waals surface area contributed by atoms with Gasteiger partial charge in [0.05, 0.1) is 0 Å². The molecule has 0 saturated heterocycles. The predicted molar refractivity (Wildman–Crippen MR) is 96.6 cm³/mol. The summed E-state index contributed by atoms with van der Waals surface area (Å²) < 4.78 is 0. The number of amides is 3. The molecule has 0 saturated carbocycles. The molecular weight excluding hydrogens is 290 g/mol. The first-order valence-electron chi connectivity index (χ1n) is 9.45. The van der Waals surface area contributed by atoms with E-state index in [2.05, 4.69) is 17.6 Å². The summed E-state index contributed by atoms with van der Waals surface area (Å²) in [6, 6.07) is -0.0697. The third-order valence-electron chi connectivity index (χ3n) is 4.04. The standard InChI is InChI=1S/C18H37N3O2/c1-4-7-8-9-12-15-19-18(23)20-16-13-10-11-14-17(22)21(5-2)6-3/h4-16H2,1-3H3,(H2,19,20,23). The van der Waals surface area contributed by atoms with Crippen molar-refractivity contribution in [1.29, 1.82) is 0 Å². The fourth-order valence-electron chi connectivity index (χ4n) is 2.51. The van der Waals surface area contributed by atoms with Crippen molar-refractivity contribution in [3.05, 3.63) is 0 Å². The van der Waals surface area contributed by atoms with Crippen LogP contribution in [0.5, 0.6) is 0 Å². The maximum absolute atomic E-state index is 11.8. The highest BCUT2D eigenvalue weighted by Crippen LogP contribution is 2.03.